The highest BCUT2D eigenvalue weighted by Crippen LogP contribution is 2.21. The number of aliphatic carboxylic acids is 1. The Labute approximate surface area is 126 Å². The third-order valence-corrected chi connectivity index (χ3v) is 4.47. The van der Waals surface area contributed by atoms with Crippen LogP contribution in [0.1, 0.15) is 6.92 Å². The number of nitrogens with zero attached hydrogens (tertiary/aromatic N) is 2. The van der Waals surface area contributed by atoms with Crippen LogP contribution in [-0.4, -0.2) is 82.8 Å². The average molecular weight is 317 g/mol. The molecule has 2 fully saturated rings. The highest BCUT2D eigenvalue weighted by molar-refractivity contribution is 7.99. The van der Waals surface area contributed by atoms with Crippen molar-refractivity contribution < 1.29 is 24.2 Å². The van der Waals surface area contributed by atoms with Crippen molar-refractivity contribution in [2.45, 2.75) is 19.0 Å². The summed E-state index contributed by atoms with van der Waals surface area (Å²) in [5.41, 5.74) is 0. The number of ether oxygens (including phenoxy) is 1. The Balaban J connectivity index is 1.89. The monoisotopic (exact) mass is 317 g/mol. The Bertz CT molecular complexity index is 427. The van der Waals surface area contributed by atoms with Gasteiger partial charge >= 0.3 is 12.0 Å². The highest BCUT2D eigenvalue weighted by atomic mass is 32.2. The predicted octanol–water partition coefficient (Wildman–Crippen LogP) is -0.597. The molecule has 2 N–H and O–H groups in total. The molecule has 2 heterocycles. The van der Waals surface area contributed by atoms with Gasteiger partial charge in [-0.05, 0) is 6.92 Å². The molecule has 2 aliphatic heterocycles. The topological polar surface area (TPSA) is 99.2 Å². The summed E-state index contributed by atoms with van der Waals surface area (Å²) in [4.78, 5) is 38.2. The molecule has 1 unspecified atom stereocenters. The third-order valence-electron chi connectivity index (χ3n) is 3.46. The van der Waals surface area contributed by atoms with Gasteiger partial charge in [0, 0.05) is 18.8 Å². The molecule has 0 aliphatic carbocycles. The first-order valence-corrected chi connectivity index (χ1v) is 7.90. The molecule has 0 radical (unpaired) electrons. The number of amides is 3. The summed E-state index contributed by atoms with van der Waals surface area (Å²) >= 11 is 1.38. The fourth-order valence-electron chi connectivity index (χ4n) is 2.23. The SMILES string of the molecule is CC(NC(=O)N1CSC[C@H]1C(=O)O)C(=O)N1CCOCC1. The van der Waals surface area contributed by atoms with E-state index < -0.39 is 24.1 Å². The Morgan fingerprint density at radius 3 is 2.62 bits per heavy atom. The fourth-order valence-corrected chi connectivity index (χ4v) is 3.38. The summed E-state index contributed by atoms with van der Waals surface area (Å²) < 4.78 is 5.17. The number of hydrogen-bond donors (Lipinski definition) is 2. The molecule has 118 valence electrons. The van der Waals surface area contributed by atoms with Crippen molar-refractivity contribution in [1.29, 1.82) is 0 Å². The second-order valence-corrected chi connectivity index (χ2v) is 5.93. The molecule has 0 bridgehead atoms. The number of carbonyl (C=O) groups is 3. The maximum absolute atomic E-state index is 12.2. The molecule has 0 saturated carbocycles. The first-order chi connectivity index (χ1) is 10.0. The van der Waals surface area contributed by atoms with Crippen LogP contribution < -0.4 is 5.32 Å². The van der Waals surface area contributed by atoms with Crippen molar-refractivity contribution in [1.82, 2.24) is 15.1 Å². The molecule has 0 aromatic rings. The molecule has 9 heteroatoms. The van der Waals surface area contributed by atoms with Gasteiger partial charge in [-0.1, -0.05) is 0 Å². The lowest BCUT2D eigenvalue weighted by Gasteiger charge is -2.30. The van der Waals surface area contributed by atoms with Gasteiger partial charge in [-0.15, -0.1) is 11.8 Å². The lowest BCUT2D eigenvalue weighted by Crippen LogP contribution is -2.54. The maximum Gasteiger partial charge on any atom is 0.327 e. The lowest BCUT2D eigenvalue weighted by molar-refractivity contribution is -0.140. The summed E-state index contributed by atoms with van der Waals surface area (Å²) in [6, 6.07) is -2.03. The van der Waals surface area contributed by atoms with Gasteiger partial charge in [0.05, 0.1) is 19.1 Å². The molecule has 2 saturated heterocycles. The van der Waals surface area contributed by atoms with Crippen LogP contribution in [0, 0.1) is 0 Å². The number of rotatable bonds is 3. The number of thioether (sulfide) groups is 1. The van der Waals surface area contributed by atoms with E-state index in [9.17, 15) is 14.4 Å². The molecule has 0 aromatic heterocycles. The molecule has 3 amide bonds. The van der Waals surface area contributed by atoms with Crippen molar-refractivity contribution in [3.05, 3.63) is 0 Å². The van der Waals surface area contributed by atoms with E-state index in [4.69, 9.17) is 9.84 Å². The normalized spacial score (nSPS) is 23.8. The molecular weight excluding hydrogens is 298 g/mol. The fraction of sp³-hybridized carbons (Fsp3) is 0.750. The number of carboxylic acid groups (broad SMARTS) is 1. The van der Waals surface area contributed by atoms with Crippen molar-refractivity contribution in [2.24, 2.45) is 0 Å². The zero-order valence-electron chi connectivity index (χ0n) is 11.8. The van der Waals surface area contributed by atoms with E-state index in [-0.39, 0.29) is 5.91 Å². The molecule has 2 rings (SSSR count). The van der Waals surface area contributed by atoms with Gasteiger partial charge in [-0.2, -0.15) is 0 Å². The molecule has 0 spiro atoms. The number of carboxylic acids is 1. The zero-order chi connectivity index (χ0) is 15.4. The van der Waals surface area contributed by atoms with Gasteiger partial charge in [0.1, 0.15) is 12.1 Å². The number of hydrogen-bond acceptors (Lipinski definition) is 5. The van der Waals surface area contributed by atoms with Crippen LogP contribution >= 0.6 is 11.8 Å². The molecule has 0 aromatic carbocycles. The molecule has 2 atom stereocenters. The van der Waals surface area contributed by atoms with Gasteiger partial charge in [0.2, 0.25) is 5.91 Å². The Morgan fingerprint density at radius 1 is 1.33 bits per heavy atom. The molecular formula is C12H19N3O5S. The van der Waals surface area contributed by atoms with E-state index in [1.165, 1.54) is 16.7 Å². The molecule has 21 heavy (non-hydrogen) atoms. The maximum atomic E-state index is 12.2. The van der Waals surface area contributed by atoms with Crippen LogP contribution in [0.15, 0.2) is 0 Å². The van der Waals surface area contributed by atoms with E-state index in [1.54, 1.807) is 11.8 Å². The predicted molar refractivity (Wildman–Crippen MR) is 76.0 cm³/mol. The van der Waals surface area contributed by atoms with E-state index in [0.29, 0.717) is 37.9 Å². The van der Waals surface area contributed by atoms with Gasteiger partial charge in [-0.3, -0.25) is 4.79 Å². The second-order valence-electron chi connectivity index (χ2n) is 4.93. The van der Waals surface area contributed by atoms with E-state index >= 15 is 0 Å². The van der Waals surface area contributed by atoms with Gasteiger partial charge in [0.25, 0.3) is 0 Å². The zero-order valence-corrected chi connectivity index (χ0v) is 12.6. The Kier molecular flexibility index (Phi) is 5.29. The van der Waals surface area contributed by atoms with E-state index in [1.807, 2.05) is 0 Å². The van der Waals surface area contributed by atoms with Crippen LogP contribution in [0.4, 0.5) is 4.79 Å². The lowest BCUT2D eigenvalue weighted by atomic mass is 10.2. The van der Waals surface area contributed by atoms with E-state index in [2.05, 4.69) is 5.32 Å². The minimum Gasteiger partial charge on any atom is -0.480 e. The highest BCUT2D eigenvalue weighted by Gasteiger charge is 2.36. The van der Waals surface area contributed by atoms with Crippen LogP contribution in [0.3, 0.4) is 0 Å². The largest absolute Gasteiger partial charge is 0.480 e. The van der Waals surface area contributed by atoms with Gasteiger partial charge < -0.3 is 25.0 Å². The number of nitrogens with one attached hydrogen (secondary N) is 1. The Morgan fingerprint density at radius 2 is 2.00 bits per heavy atom. The summed E-state index contributed by atoms with van der Waals surface area (Å²) in [6.07, 6.45) is 0. The van der Waals surface area contributed by atoms with Crippen LogP contribution in [0.5, 0.6) is 0 Å². The second kappa shape index (κ2) is 6.99. The van der Waals surface area contributed by atoms with Crippen molar-refractivity contribution in [2.75, 3.05) is 37.9 Å². The van der Waals surface area contributed by atoms with Gasteiger partial charge in [0.15, 0.2) is 0 Å². The molecule has 8 nitrogen and oxygen atoms in total. The summed E-state index contributed by atoms with van der Waals surface area (Å²) in [7, 11) is 0. The minimum atomic E-state index is -1.03. The number of urea groups is 1. The standard InChI is InChI=1S/C12H19N3O5S/c1-8(10(16)14-2-4-20-5-3-14)13-12(19)15-7-21-6-9(15)11(17)18/h8-9H,2-7H2,1H3,(H,13,19)(H,17,18)/t8?,9-/m0/s1. The van der Waals surface area contributed by atoms with E-state index in [0.717, 1.165) is 0 Å². The first-order valence-electron chi connectivity index (χ1n) is 6.75. The molecule has 2 aliphatic rings. The number of carbonyl (C=O) groups excluding carboxylic acids is 2. The smallest absolute Gasteiger partial charge is 0.327 e. The summed E-state index contributed by atoms with van der Waals surface area (Å²) in [6.45, 7) is 3.62. The first kappa shape index (κ1) is 15.9. The van der Waals surface area contributed by atoms with Crippen LogP contribution in [0.25, 0.3) is 0 Å². The van der Waals surface area contributed by atoms with Crippen molar-refractivity contribution >= 4 is 29.7 Å². The van der Waals surface area contributed by atoms with Crippen LogP contribution in [0.2, 0.25) is 0 Å². The summed E-state index contributed by atoms with van der Waals surface area (Å²) in [5.74, 6) is -0.511. The Hall–Kier alpha value is -1.48. The van der Waals surface area contributed by atoms with Crippen molar-refractivity contribution in [3.63, 3.8) is 0 Å². The van der Waals surface area contributed by atoms with Crippen LogP contribution in [-0.2, 0) is 14.3 Å². The summed E-state index contributed by atoms with van der Waals surface area (Å²) in [5, 5.41) is 11.6. The quantitative estimate of drug-likeness (QED) is 0.721. The van der Waals surface area contributed by atoms with Gasteiger partial charge in [-0.25, -0.2) is 9.59 Å². The number of morpholine rings is 1. The van der Waals surface area contributed by atoms with Crippen molar-refractivity contribution in [3.8, 4) is 0 Å². The average Bonchev–Trinajstić information content (AvgIpc) is 2.97. The third kappa shape index (κ3) is 3.79. The minimum absolute atomic E-state index is 0.176.